The number of urea groups is 1. The molecule has 0 bridgehead atoms. The topological polar surface area (TPSA) is 23.6 Å². The SMILES string of the molecule is O=C(N(I)I)N(I)c1ccccc1. The molecule has 13 heavy (non-hydrogen) atoms. The number of halogens is 3. The zero-order valence-corrected chi connectivity index (χ0v) is 12.8. The summed E-state index contributed by atoms with van der Waals surface area (Å²) < 4.78 is 3.05. The van der Waals surface area contributed by atoms with Crippen LogP contribution < -0.4 is 3.11 Å². The molecule has 0 aliphatic carbocycles. The molecule has 0 N–H and O–H groups in total. The van der Waals surface area contributed by atoms with Gasteiger partial charge >= 0.3 is 6.03 Å². The molecule has 0 aromatic heterocycles. The van der Waals surface area contributed by atoms with Crippen LogP contribution in [0, 0.1) is 0 Å². The molecule has 1 aromatic carbocycles. The fourth-order valence-corrected chi connectivity index (χ4v) is 2.53. The van der Waals surface area contributed by atoms with Crippen molar-refractivity contribution in [1.82, 2.24) is 1.33 Å². The minimum absolute atomic E-state index is 0.0620. The van der Waals surface area contributed by atoms with Crippen LogP contribution in [-0.4, -0.2) is 7.36 Å². The average Bonchev–Trinajstić information content (AvgIpc) is 2.17. The highest BCUT2D eigenvalue weighted by atomic mass is 127. The Labute approximate surface area is 118 Å². The first-order chi connectivity index (χ1) is 6.13. The van der Waals surface area contributed by atoms with Gasteiger partial charge in [-0.1, -0.05) is 18.2 Å². The minimum Gasteiger partial charge on any atom is -0.246 e. The molecule has 0 aliphatic heterocycles. The van der Waals surface area contributed by atoms with E-state index in [2.05, 4.69) is 0 Å². The zero-order chi connectivity index (χ0) is 9.84. The lowest BCUT2D eigenvalue weighted by Gasteiger charge is -2.16. The van der Waals surface area contributed by atoms with E-state index in [0.717, 1.165) is 5.69 Å². The molecule has 70 valence electrons. The van der Waals surface area contributed by atoms with Crippen LogP contribution in [0.4, 0.5) is 10.5 Å². The van der Waals surface area contributed by atoms with Crippen LogP contribution in [0.5, 0.6) is 0 Å². The third-order valence-electron chi connectivity index (χ3n) is 1.30. The van der Waals surface area contributed by atoms with E-state index < -0.39 is 0 Å². The van der Waals surface area contributed by atoms with E-state index in [1.807, 2.05) is 98.9 Å². The normalized spacial score (nSPS) is 9.46. The van der Waals surface area contributed by atoms with Crippen LogP contribution >= 0.6 is 68.6 Å². The van der Waals surface area contributed by atoms with Crippen molar-refractivity contribution < 1.29 is 4.79 Å². The number of rotatable bonds is 1. The molecule has 1 rings (SSSR count). The number of carbonyl (C=O) groups is 1. The van der Waals surface area contributed by atoms with Crippen molar-refractivity contribution in [1.29, 1.82) is 0 Å². The van der Waals surface area contributed by atoms with Crippen molar-refractivity contribution in [3.05, 3.63) is 30.3 Å². The van der Waals surface area contributed by atoms with Crippen LogP contribution in [-0.2, 0) is 0 Å². The van der Waals surface area contributed by atoms with Crippen LogP contribution in [0.15, 0.2) is 30.3 Å². The van der Waals surface area contributed by atoms with E-state index in [1.165, 1.54) is 1.33 Å². The zero-order valence-electron chi connectivity index (χ0n) is 6.32. The summed E-state index contributed by atoms with van der Waals surface area (Å²) in [7, 11) is 0. The smallest absolute Gasteiger partial charge is 0.246 e. The Hall–Kier alpha value is 0.680. The second-order valence-corrected chi connectivity index (χ2v) is 6.87. The number of nitrogens with zero attached hydrogens (tertiary/aromatic N) is 2. The third-order valence-corrected chi connectivity index (χ3v) is 3.09. The van der Waals surface area contributed by atoms with Gasteiger partial charge in [0.2, 0.25) is 0 Å². The maximum absolute atomic E-state index is 11.5. The van der Waals surface area contributed by atoms with E-state index in [9.17, 15) is 4.79 Å². The molecule has 0 saturated carbocycles. The van der Waals surface area contributed by atoms with Gasteiger partial charge in [-0.2, -0.15) is 0 Å². The van der Waals surface area contributed by atoms with E-state index >= 15 is 0 Å². The molecule has 0 saturated heterocycles. The number of amides is 2. The molecule has 2 amide bonds. The van der Waals surface area contributed by atoms with Gasteiger partial charge in [-0.05, 0) is 12.1 Å². The number of para-hydroxylation sites is 1. The van der Waals surface area contributed by atoms with Gasteiger partial charge < -0.3 is 0 Å². The quantitative estimate of drug-likeness (QED) is 0.412. The van der Waals surface area contributed by atoms with E-state index in [1.54, 1.807) is 3.11 Å². The second kappa shape index (κ2) is 5.53. The highest BCUT2D eigenvalue weighted by molar-refractivity contribution is 14.2. The Bertz CT molecular complexity index is 291. The minimum atomic E-state index is -0.0620. The van der Waals surface area contributed by atoms with Crippen molar-refractivity contribution in [3.8, 4) is 0 Å². The number of anilines is 1. The van der Waals surface area contributed by atoms with Gasteiger partial charge in [-0.15, -0.1) is 0 Å². The maximum atomic E-state index is 11.5. The number of benzene rings is 1. The Morgan fingerprint density at radius 2 is 1.62 bits per heavy atom. The van der Waals surface area contributed by atoms with Gasteiger partial charge in [-0.25, -0.2) is 9.23 Å². The molecule has 0 radical (unpaired) electrons. The van der Waals surface area contributed by atoms with Gasteiger partial charge in [0.1, 0.15) is 0 Å². The summed E-state index contributed by atoms with van der Waals surface area (Å²) in [5, 5.41) is 0. The highest BCUT2D eigenvalue weighted by Crippen LogP contribution is 2.22. The lowest BCUT2D eigenvalue weighted by atomic mass is 10.3. The molecular formula is C7H5I3N2O. The molecule has 1 aromatic rings. The van der Waals surface area contributed by atoms with Gasteiger partial charge in [-0.3, -0.25) is 0 Å². The first kappa shape index (κ1) is 11.8. The molecule has 0 spiro atoms. The Morgan fingerprint density at radius 3 is 2.08 bits per heavy atom. The molecular weight excluding hydrogens is 509 g/mol. The summed E-state index contributed by atoms with van der Waals surface area (Å²) >= 11 is 5.85. The number of carbonyl (C=O) groups excluding carboxylic acids is 1. The van der Waals surface area contributed by atoms with Crippen molar-refractivity contribution >= 4 is 80.3 Å². The first-order valence-corrected chi connectivity index (χ1v) is 6.19. The van der Waals surface area contributed by atoms with Crippen LogP contribution in [0.25, 0.3) is 0 Å². The van der Waals surface area contributed by atoms with Crippen LogP contribution in [0.1, 0.15) is 0 Å². The van der Waals surface area contributed by atoms with Gasteiger partial charge in [0.15, 0.2) is 0 Å². The molecule has 3 nitrogen and oxygen atoms in total. The molecule has 0 unspecified atom stereocenters. The van der Waals surface area contributed by atoms with Crippen molar-refractivity contribution in [2.24, 2.45) is 0 Å². The summed E-state index contributed by atoms with van der Waals surface area (Å²) in [5.41, 5.74) is 0.881. The lowest BCUT2D eigenvalue weighted by Crippen LogP contribution is -2.24. The van der Waals surface area contributed by atoms with Crippen molar-refractivity contribution in [2.75, 3.05) is 3.11 Å². The first-order valence-electron chi connectivity index (χ1n) is 3.29. The fourth-order valence-electron chi connectivity index (χ4n) is 0.736. The van der Waals surface area contributed by atoms with Crippen LogP contribution in [0.2, 0.25) is 0 Å². The summed E-state index contributed by atoms with van der Waals surface area (Å²) in [4.78, 5) is 11.5. The fraction of sp³-hybridized carbons (Fsp3) is 0. The monoisotopic (exact) mass is 514 g/mol. The standard InChI is InChI=1S/C7H5I3N2O/c8-11(7(13)12(9)10)6-4-2-1-3-5-6/h1-5H. The average molecular weight is 514 g/mol. The van der Waals surface area contributed by atoms with Crippen LogP contribution in [0.3, 0.4) is 0 Å². The van der Waals surface area contributed by atoms with Crippen molar-refractivity contribution in [3.63, 3.8) is 0 Å². The van der Waals surface area contributed by atoms with Gasteiger partial charge in [0.25, 0.3) is 0 Å². The third kappa shape index (κ3) is 3.38. The Morgan fingerprint density at radius 1 is 1.08 bits per heavy atom. The van der Waals surface area contributed by atoms with E-state index in [0.29, 0.717) is 0 Å². The number of hydrogen-bond acceptors (Lipinski definition) is 1. The lowest BCUT2D eigenvalue weighted by molar-refractivity contribution is 0.251. The Kier molecular flexibility index (Phi) is 5.00. The van der Waals surface area contributed by atoms with E-state index in [4.69, 9.17) is 0 Å². The second-order valence-electron chi connectivity index (χ2n) is 2.13. The highest BCUT2D eigenvalue weighted by Gasteiger charge is 2.15. The molecule has 0 aliphatic rings. The molecule has 0 heterocycles. The summed E-state index contributed by atoms with van der Waals surface area (Å²) in [5.74, 6) is 0. The molecule has 0 atom stereocenters. The Balaban J connectivity index is 2.80. The summed E-state index contributed by atoms with van der Waals surface area (Å²) in [6.45, 7) is 0. The van der Waals surface area contributed by atoms with E-state index in [-0.39, 0.29) is 6.03 Å². The van der Waals surface area contributed by atoms with Crippen molar-refractivity contribution in [2.45, 2.75) is 0 Å². The van der Waals surface area contributed by atoms with Gasteiger partial charge in [0.05, 0.1) is 74.3 Å². The molecule has 6 heteroatoms. The predicted molar refractivity (Wildman–Crippen MR) is 78.2 cm³/mol. The van der Waals surface area contributed by atoms with Gasteiger partial charge in [0, 0.05) is 0 Å². The maximum Gasteiger partial charge on any atom is 0.351 e. The molecule has 0 fully saturated rings. The largest absolute Gasteiger partial charge is 0.351 e. The summed E-state index contributed by atoms with van der Waals surface area (Å²) in [6, 6.07) is 9.44. The summed E-state index contributed by atoms with van der Waals surface area (Å²) in [6.07, 6.45) is 0. The predicted octanol–water partition coefficient (Wildman–Crippen LogP) is 3.97. The number of hydrogen-bond donors (Lipinski definition) is 0.